The summed E-state index contributed by atoms with van der Waals surface area (Å²) in [4.78, 5) is 11.6. The number of carbonyl (C=O) groups excluding carboxylic acids is 1. The topological polar surface area (TPSA) is 66.8 Å². The van der Waals surface area contributed by atoms with Gasteiger partial charge in [0.15, 0.2) is 0 Å². The summed E-state index contributed by atoms with van der Waals surface area (Å²) in [7, 11) is 0. The molecular formula is C15H20O4. The van der Waals surface area contributed by atoms with Crippen molar-refractivity contribution in [2.45, 2.75) is 38.4 Å². The Labute approximate surface area is 113 Å². The molecule has 1 aliphatic heterocycles. The van der Waals surface area contributed by atoms with Crippen LogP contribution < -0.4 is 0 Å². The van der Waals surface area contributed by atoms with E-state index < -0.39 is 24.1 Å². The number of rotatable bonds is 1. The number of carbonyl (C=O) groups is 1. The minimum atomic E-state index is -0.760. The van der Waals surface area contributed by atoms with E-state index in [-0.39, 0.29) is 6.61 Å². The van der Waals surface area contributed by atoms with Crippen LogP contribution in [0, 0.1) is 5.92 Å². The number of ether oxygens (including phenoxy) is 1. The van der Waals surface area contributed by atoms with E-state index in [4.69, 9.17) is 4.74 Å². The third-order valence-electron chi connectivity index (χ3n) is 3.77. The number of hydrogen-bond acceptors (Lipinski definition) is 4. The van der Waals surface area contributed by atoms with E-state index in [1.807, 2.05) is 19.1 Å². The van der Waals surface area contributed by atoms with Gasteiger partial charge in [-0.25, -0.2) is 4.79 Å². The van der Waals surface area contributed by atoms with Crippen molar-refractivity contribution in [3.63, 3.8) is 0 Å². The number of allylic oxidation sites excluding steroid dienone is 2. The minimum Gasteiger partial charge on any atom is -0.454 e. The largest absolute Gasteiger partial charge is 0.454 e. The first-order valence-electron chi connectivity index (χ1n) is 6.57. The second-order valence-corrected chi connectivity index (χ2v) is 5.26. The lowest BCUT2D eigenvalue weighted by Crippen LogP contribution is -2.29. The van der Waals surface area contributed by atoms with E-state index in [9.17, 15) is 15.0 Å². The van der Waals surface area contributed by atoms with Crippen molar-refractivity contribution in [1.82, 2.24) is 0 Å². The first kappa shape index (κ1) is 14.0. The van der Waals surface area contributed by atoms with Gasteiger partial charge in [0, 0.05) is 5.57 Å². The van der Waals surface area contributed by atoms with Gasteiger partial charge in [-0.3, -0.25) is 0 Å². The van der Waals surface area contributed by atoms with Gasteiger partial charge >= 0.3 is 5.97 Å². The molecule has 3 unspecified atom stereocenters. The van der Waals surface area contributed by atoms with Gasteiger partial charge in [-0.15, -0.1) is 0 Å². The molecule has 0 spiro atoms. The summed E-state index contributed by atoms with van der Waals surface area (Å²) >= 11 is 0. The van der Waals surface area contributed by atoms with Crippen molar-refractivity contribution in [1.29, 1.82) is 0 Å². The number of hydrogen-bond donors (Lipinski definition) is 2. The molecule has 0 aromatic rings. The molecular weight excluding hydrogens is 244 g/mol. The van der Waals surface area contributed by atoms with E-state index in [0.29, 0.717) is 12.0 Å². The number of esters is 1. The Kier molecular flexibility index (Phi) is 4.22. The van der Waals surface area contributed by atoms with E-state index in [0.717, 1.165) is 24.0 Å². The standard InChI is InChI=1S/C15H20O4/c1-9-4-3-5-11(8-16)7-12(17)14-10(2)15(18)19-13(14)6-9/h5-6,12-14,16-17H,2-4,7-8H2,1H3. The SMILES string of the molecule is C=C1C(=O)OC2C=C(C)CCC=C(CO)CC(O)C12. The fourth-order valence-corrected chi connectivity index (χ4v) is 2.67. The molecule has 19 heavy (non-hydrogen) atoms. The summed E-state index contributed by atoms with van der Waals surface area (Å²) in [6.07, 6.45) is 4.69. The maximum Gasteiger partial charge on any atom is 0.334 e. The number of aliphatic hydroxyl groups excluding tert-OH is 2. The van der Waals surface area contributed by atoms with Crippen LogP contribution in [-0.2, 0) is 9.53 Å². The summed E-state index contributed by atoms with van der Waals surface area (Å²) < 4.78 is 5.26. The average Bonchev–Trinajstić information content (AvgIpc) is 2.63. The first-order chi connectivity index (χ1) is 9.02. The fourth-order valence-electron chi connectivity index (χ4n) is 2.67. The lowest BCUT2D eigenvalue weighted by atomic mass is 9.85. The zero-order valence-electron chi connectivity index (χ0n) is 11.1. The Morgan fingerprint density at radius 3 is 2.95 bits per heavy atom. The highest BCUT2D eigenvalue weighted by Crippen LogP contribution is 2.34. The van der Waals surface area contributed by atoms with Crippen molar-refractivity contribution < 1.29 is 19.7 Å². The second-order valence-electron chi connectivity index (χ2n) is 5.26. The summed E-state index contributed by atoms with van der Waals surface area (Å²) in [5.41, 5.74) is 2.23. The van der Waals surface area contributed by atoms with Gasteiger partial charge in [0.05, 0.1) is 18.6 Å². The van der Waals surface area contributed by atoms with Crippen molar-refractivity contribution in [3.8, 4) is 0 Å². The van der Waals surface area contributed by atoms with Crippen molar-refractivity contribution in [2.24, 2.45) is 5.92 Å². The zero-order valence-corrected chi connectivity index (χ0v) is 11.1. The highest BCUT2D eigenvalue weighted by molar-refractivity contribution is 5.91. The summed E-state index contributed by atoms with van der Waals surface area (Å²) in [5.74, 6) is -0.859. The highest BCUT2D eigenvalue weighted by Gasteiger charge is 2.42. The van der Waals surface area contributed by atoms with Crippen LogP contribution in [0.3, 0.4) is 0 Å². The van der Waals surface area contributed by atoms with Gasteiger partial charge < -0.3 is 14.9 Å². The molecule has 1 saturated heterocycles. The Morgan fingerprint density at radius 1 is 1.53 bits per heavy atom. The Morgan fingerprint density at radius 2 is 2.26 bits per heavy atom. The molecule has 0 radical (unpaired) electrons. The van der Waals surface area contributed by atoms with Gasteiger partial charge in [0.2, 0.25) is 0 Å². The maximum absolute atomic E-state index is 11.6. The monoisotopic (exact) mass is 264 g/mol. The van der Waals surface area contributed by atoms with E-state index in [2.05, 4.69) is 6.58 Å². The van der Waals surface area contributed by atoms with Gasteiger partial charge in [-0.05, 0) is 37.8 Å². The molecule has 1 fully saturated rings. The van der Waals surface area contributed by atoms with Crippen molar-refractivity contribution in [3.05, 3.63) is 35.5 Å². The molecule has 2 rings (SSSR count). The second kappa shape index (κ2) is 5.72. The molecule has 0 bridgehead atoms. The Hall–Kier alpha value is -1.39. The van der Waals surface area contributed by atoms with Crippen LogP contribution in [0.5, 0.6) is 0 Å². The molecule has 4 nitrogen and oxygen atoms in total. The Bertz CT molecular complexity index is 447. The molecule has 1 heterocycles. The third-order valence-corrected chi connectivity index (χ3v) is 3.77. The van der Waals surface area contributed by atoms with Crippen molar-refractivity contribution >= 4 is 5.97 Å². The molecule has 1 aliphatic carbocycles. The summed E-state index contributed by atoms with van der Waals surface area (Å²) in [5, 5.41) is 19.6. The van der Waals surface area contributed by atoms with Crippen LogP contribution in [-0.4, -0.2) is 35.0 Å². The lowest BCUT2D eigenvalue weighted by Gasteiger charge is -2.23. The van der Waals surface area contributed by atoms with Crippen molar-refractivity contribution in [2.75, 3.05) is 6.61 Å². The Balaban J connectivity index is 2.32. The molecule has 104 valence electrons. The molecule has 0 amide bonds. The molecule has 0 aromatic carbocycles. The maximum atomic E-state index is 11.6. The zero-order chi connectivity index (χ0) is 14.0. The van der Waals surface area contributed by atoms with Gasteiger partial charge in [-0.2, -0.15) is 0 Å². The minimum absolute atomic E-state index is 0.0709. The quantitative estimate of drug-likeness (QED) is 0.428. The van der Waals surface area contributed by atoms with Crippen LogP contribution >= 0.6 is 0 Å². The normalized spacial score (nSPS) is 32.3. The smallest absolute Gasteiger partial charge is 0.334 e. The van der Waals surface area contributed by atoms with Gasteiger partial charge in [0.1, 0.15) is 6.10 Å². The number of fused-ring (bicyclic) bond motifs is 1. The molecule has 4 heteroatoms. The van der Waals surface area contributed by atoms with E-state index in [1.54, 1.807) is 0 Å². The molecule has 3 atom stereocenters. The highest BCUT2D eigenvalue weighted by atomic mass is 16.6. The number of aliphatic hydroxyl groups is 2. The summed E-state index contributed by atoms with van der Waals surface area (Å²) in [6, 6.07) is 0. The fraction of sp³-hybridized carbons (Fsp3) is 0.533. The lowest BCUT2D eigenvalue weighted by molar-refractivity contribution is -0.137. The van der Waals surface area contributed by atoms with E-state index >= 15 is 0 Å². The van der Waals surface area contributed by atoms with Gasteiger partial charge in [0.25, 0.3) is 0 Å². The van der Waals surface area contributed by atoms with E-state index in [1.165, 1.54) is 0 Å². The molecule has 2 aliphatic rings. The summed E-state index contributed by atoms with van der Waals surface area (Å²) in [6.45, 7) is 5.63. The van der Waals surface area contributed by atoms with Crippen LogP contribution in [0.2, 0.25) is 0 Å². The van der Waals surface area contributed by atoms with Crippen LogP contribution in [0.4, 0.5) is 0 Å². The predicted octanol–water partition coefficient (Wildman–Crippen LogP) is 1.49. The molecule has 2 N–H and O–H groups in total. The average molecular weight is 264 g/mol. The molecule has 0 saturated carbocycles. The predicted molar refractivity (Wildman–Crippen MR) is 71.3 cm³/mol. The third kappa shape index (κ3) is 2.96. The van der Waals surface area contributed by atoms with Crippen LogP contribution in [0.25, 0.3) is 0 Å². The van der Waals surface area contributed by atoms with Crippen LogP contribution in [0.1, 0.15) is 26.2 Å². The first-order valence-corrected chi connectivity index (χ1v) is 6.57. The van der Waals surface area contributed by atoms with Gasteiger partial charge in [-0.1, -0.05) is 18.2 Å². The molecule has 0 aromatic heterocycles. The van der Waals surface area contributed by atoms with Crippen LogP contribution in [0.15, 0.2) is 35.5 Å².